The van der Waals surface area contributed by atoms with E-state index in [1.165, 1.54) is 17.5 Å². The van der Waals surface area contributed by atoms with Gasteiger partial charge in [0.1, 0.15) is 0 Å². The maximum Gasteiger partial charge on any atom is 0.274 e. The van der Waals surface area contributed by atoms with Crippen LogP contribution in [0.5, 0.6) is 11.5 Å². The maximum atomic E-state index is 12.9. The Labute approximate surface area is 193 Å². The summed E-state index contributed by atoms with van der Waals surface area (Å²) in [5.41, 5.74) is 1.41. The van der Waals surface area contributed by atoms with Crippen molar-refractivity contribution in [1.29, 1.82) is 0 Å². The molecule has 8 nitrogen and oxygen atoms in total. The van der Waals surface area contributed by atoms with Gasteiger partial charge in [-0.1, -0.05) is 24.3 Å². The number of hydrogen-bond acceptors (Lipinski definition) is 6. The minimum absolute atomic E-state index is 0.0924. The third-order valence-electron chi connectivity index (χ3n) is 6.04. The predicted molar refractivity (Wildman–Crippen MR) is 127 cm³/mol. The number of amides is 1. The Morgan fingerprint density at radius 2 is 1.73 bits per heavy atom. The molecule has 8 heteroatoms. The first-order chi connectivity index (χ1) is 16.1. The summed E-state index contributed by atoms with van der Waals surface area (Å²) in [4.78, 5) is 27.9. The second-order valence-electron chi connectivity index (χ2n) is 8.21. The van der Waals surface area contributed by atoms with Crippen molar-refractivity contribution in [3.05, 3.63) is 64.1 Å². The van der Waals surface area contributed by atoms with Crippen molar-refractivity contribution in [3.63, 3.8) is 0 Å². The number of benzene rings is 2. The number of carbonyl (C=O) groups excluding carboxylic acids is 1. The van der Waals surface area contributed by atoms with Gasteiger partial charge in [0, 0.05) is 11.9 Å². The molecule has 0 spiro atoms. The molecule has 2 aromatic carbocycles. The van der Waals surface area contributed by atoms with E-state index in [0.717, 1.165) is 30.6 Å². The van der Waals surface area contributed by atoms with Crippen molar-refractivity contribution in [2.45, 2.75) is 32.4 Å². The average Bonchev–Trinajstić information content (AvgIpc) is 3.36. The Hall–Kier alpha value is -3.39. The fraction of sp³-hybridized carbons (Fsp3) is 0.400. The predicted octanol–water partition coefficient (Wildman–Crippen LogP) is 2.37. The molecule has 1 aliphatic rings. The van der Waals surface area contributed by atoms with E-state index in [9.17, 15) is 9.59 Å². The topological polar surface area (TPSA) is 85.7 Å². The number of ether oxygens (including phenoxy) is 2. The zero-order valence-corrected chi connectivity index (χ0v) is 19.2. The van der Waals surface area contributed by atoms with Crippen LogP contribution in [0.1, 0.15) is 24.1 Å². The average molecular weight is 451 g/mol. The van der Waals surface area contributed by atoms with E-state index in [2.05, 4.69) is 15.3 Å². The lowest BCUT2D eigenvalue weighted by Crippen LogP contribution is -2.33. The number of aromatic nitrogens is 2. The third-order valence-corrected chi connectivity index (χ3v) is 6.04. The number of rotatable bonds is 9. The number of carbonyl (C=O) groups is 1. The SMILES string of the molecule is COc1ccc(CC(=O)NCc2nn(CCN3CCCC3)c(=O)c3ccccc23)cc1OC. The molecule has 1 aromatic heterocycles. The van der Waals surface area contributed by atoms with Gasteiger partial charge >= 0.3 is 0 Å². The monoisotopic (exact) mass is 450 g/mol. The Bertz CT molecular complexity index is 1180. The first-order valence-corrected chi connectivity index (χ1v) is 11.3. The van der Waals surface area contributed by atoms with E-state index in [0.29, 0.717) is 29.1 Å². The number of hydrogen-bond donors (Lipinski definition) is 1. The molecule has 0 saturated carbocycles. The summed E-state index contributed by atoms with van der Waals surface area (Å²) in [5, 5.41) is 8.96. The summed E-state index contributed by atoms with van der Waals surface area (Å²) >= 11 is 0. The summed E-state index contributed by atoms with van der Waals surface area (Å²) in [7, 11) is 3.14. The fourth-order valence-electron chi connectivity index (χ4n) is 4.25. The smallest absolute Gasteiger partial charge is 0.274 e. The van der Waals surface area contributed by atoms with Gasteiger partial charge < -0.3 is 19.7 Å². The summed E-state index contributed by atoms with van der Waals surface area (Å²) in [6.45, 7) is 3.73. The Morgan fingerprint density at radius 1 is 1.00 bits per heavy atom. The Morgan fingerprint density at radius 3 is 2.45 bits per heavy atom. The highest BCUT2D eigenvalue weighted by atomic mass is 16.5. The highest BCUT2D eigenvalue weighted by Gasteiger charge is 2.15. The molecule has 0 radical (unpaired) electrons. The molecule has 33 heavy (non-hydrogen) atoms. The van der Waals surface area contributed by atoms with Crippen molar-refractivity contribution in [2.75, 3.05) is 33.9 Å². The Balaban J connectivity index is 1.48. The van der Waals surface area contributed by atoms with E-state index in [1.807, 2.05) is 30.3 Å². The second kappa shape index (κ2) is 10.5. The molecule has 1 amide bonds. The molecule has 4 rings (SSSR count). The molecular formula is C25H30N4O4. The van der Waals surface area contributed by atoms with Gasteiger partial charge in [0.15, 0.2) is 11.5 Å². The normalized spacial score (nSPS) is 13.9. The molecule has 1 N–H and O–H groups in total. The van der Waals surface area contributed by atoms with Crippen molar-refractivity contribution < 1.29 is 14.3 Å². The molecule has 1 saturated heterocycles. The lowest BCUT2D eigenvalue weighted by atomic mass is 10.1. The lowest BCUT2D eigenvalue weighted by Gasteiger charge is -2.16. The number of likely N-dealkylation sites (tertiary alicyclic amines) is 1. The molecule has 0 atom stereocenters. The number of fused-ring (bicyclic) bond motifs is 1. The van der Waals surface area contributed by atoms with Gasteiger partial charge in [-0.3, -0.25) is 9.59 Å². The highest BCUT2D eigenvalue weighted by Crippen LogP contribution is 2.27. The molecule has 0 bridgehead atoms. The lowest BCUT2D eigenvalue weighted by molar-refractivity contribution is -0.120. The van der Waals surface area contributed by atoms with E-state index in [1.54, 1.807) is 26.4 Å². The van der Waals surface area contributed by atoms with Crippen LogP contribution >= 0.6 is 0 Å². The van der Waals surface area contributed by atoms with Crippen LogP contribution in [0.25, 0.3) is 10.8 Å². The van der Waals surface area contributed by atoms with Crippen LogP contribution in [-0.4, -0.2) is 54.4 Å². The fourth-order valence-corrected chi connectivity index (χ4v) is 4.25. The van der Waals surface area contributed by atoms with E-state index in [4.69, 9.17) is 9.47 Å². The van der Waals surface area contributed by atoms with Gasteiger partial charge in [0.2, 0.25) is 5.91 Å². The molecule has 0 unspecified atom stereocenters. The molecule has 0 aliphatic carbocycles. The molecular weight excluding hydrogens is 420 g/mol. The Kier molecular flexibility index (Phi) is 7.24. The van der Waals surface area contributed by atoms with Crippen LogP contribution in [-0.2, 0) is 24.3 Å². The number of nitrogens with one attached hydrogen (secondary N) is 1. The van der Waals surface area contributed by atoms with Crippen molar-refractivity contribution in [3.8, 4) is 11.5 Å². The van der Waals surface area contributed by atoms with Crippen LogP contribution in [0.3, 0.4) is 0 Å². The van der Waals surface area contributed by atoms with Gasteiger partial charge in [-0.2, -0.15) is 5.10 Å². The zero-order chi connectivity index (χ0) is 23.2. The molecule has 3 aromatic rings. The van der Waals surface area contributed by atoms with Gasteiger partial charge in [-0.25, -0.2) is 4.68 Å². The van der Waals surface area contributed by atoms with E-state index < -0.39 is 0 Å². The van der Waals surface area contributed by atoms with E-state index in [-0.39, 0.29) is 24.4 Å². The maximum absolute atomic E-state index is 12.9. The van der Waals surface area contributed by atoms with Crippen LogP contribution in [0.4, 0.5) is 0 Å². The molecule has 1 aliphatic heterocycles. The minimum atomic E-state index is -0.136. The molecule has 174 valence electrons. The highest BCUT2D eigenvalue weighted by molar-refractivity contribution is 5.84. The quantitative estimate of drug-likeness (QED) is 0.539. The van der Waals surface area contributed by atoms with Gasteiger partial charge in [-0.05, 0) is 49.7 Å². The third kappa shape index (κ3) is 5.34. The minimum Gasteiger partial charge on any atom is -0.493 e. The first-order valence-electron chi connectivity index (χ1n) is 11.3. The number of methoxy groups -OCH3 is 2. The van der Waals surface area contributed by atoms with Crippen molar-refractivity contribution >= 4 is 16.7 Å². The summed E-state index contributed by atoms with van der Waals surface area (Å²) in [6, 6.07) is 12.9. The standard InChI is InChI=1S/C25H30N4O4/c1-32-22-10-9-18(15-23(22)33-2)16-24(30)26-17-21-19-7-3-4-8-20(19)25(31)29(27-21)14-13-28-11-5-6-12-28/h3-4,7-10,15H,5-6,11-14,16-17H2,1-2H3,(H,26,30). The van der Waals surface area contributed by atoms with Gasteiger partial charge in [0.25, 0.3) is 5.56 Å². The van der Waals surface area contributed by atoms with E-state index >= 15 is 0 Å². The number of nitrogens with zero attached hydrogens (tertiary/aromatic N) is 3. The summed E-state index contributed by atoms with van der Waals surface area (Å²) in [6.07, 6.45) is 2.61. The zero-order valence-electron chi connectivity index (χ0n) is 19.2. The van der Waals surface area contributed by atoms with Crippen molar-refractivity contribution in [1.82, 2.24) is 20.0 Å². The second-order valence-corrected chi connectivity index (χ2v) is 8.21. The summed E-state index contributed by atoms with van der Waals surface area (Å²) in [5.74, 6) is 1.07. The van der Waals surface area contributed by atoms with Gasteiger partial charge in [-0.15, -0.1) is 0 Å². The molecule has 1 fully saturated rings. The van der Waals surface area contributed by atoms with Crippen LogP contribution < -0.4 is 20.3 Å². The summed E-state index contributed by atoms with van der Waals surface area (Å²) < 4.78 is 12.1. The van der Waals surface area contributed by atoms with Crippen LogP contribution in [0, 0.1) is 0 Å². The van der Waals surface area contributed by atoms with Gasteiger partial charge in [0.05, 0.1) is 44.8 Å². The van der Waals surface area contributed by atoms with Crippen molar-refractivity contribution in [2.24, 2.45) is 0 Å². The largest absolute Gasteiger partial charge is 0.493 e. The van der Waals surface area contributed by atoms with Crippen LogP contribution in [0.2, 0.25) is 0 Å². The first kappa shape index (κ1) is 22.8. The van der Waals surface area contributed by atoms with Crippen LogP contribution in [0.15, 0.2) is 47.3 Å². The molecule has 2 heterocycles.